The molecule has 1 aliphatic rings. The van der Waals surface area contributed by atoms with E-state index in [1.807, 2.05) is 42.5 Å². The van der Waals surface area contributed by atoms with Crippen LogP contribution in [0.2, 0.25) is 0 Å². The minimum atomic E-state index is -0.479. The van der Waals surface area contributed by atoms with Crippen LogP contribution in [0.15, 0.2) is 48.5 Å². The number of hydrogen-bond donors (Lipinski definition) is 1. The number of carbonyl (C=O) groups is 2. The van der Waals surface area contributed by atoms with Crippen LogP contribution in [-0.4, -0.2) is 29.8 Å². The molecule has 4 heteroatoms. The van der Waals surface area contributed by atoms with Crippen LogP contribution in [0.1, 0.15) is 15.9 Å². The van der Waals surface area contributed by atoms with Gasteiger partial charge in [-0.2, -0.15) is 0 Å². The van der Waals surface area contributed by atoms with Crippen molar-refractivity contribution < 1.29 is 9.59 Å². The molecule has 4 nitrogen and oxygen atoms in total. The molecule has 2 N–H and O–H groups in total. The lowest BCUT2D eigenvalue weighted by atomic mass is 9.94. The van der Waals surface area contributed by atoms with Crippen molar-refractivity contribution in [2.24, 2.45) is 5.73 Å². The number of fused-ring (bicyclic) bond motifs is 1. The monoisotopic (exact) mass is 280 g/mol. The number of benzene rings is 2. The third-order valence-electron chi connectivity index (χ3n) is 3.73. The van der Waals surface area contributed by atoms with Gasteiger partial charge in [-0.3, -0.25) is 9.59 Å². The van der Waals surface area contributed by atoms with Crippen LogP contribution in [0, 0.1) is 0 Å². The summed E-state index contributed by atoms with van der Waals surface area (Å²) >= 11 is 0. The first-order valence-corrected chi connectivity index (χ1v) is 6.91. The lowest BCUT2D eigenvalue weighted by molar-refractivity contribution is -0.118. The van der Waals surface area contributed by atoms with E-state index in [0.29, 0.717) is 12.1 Å². The van der Waals surface area contributed by atoms with Crippen molar-refractivity contribution in [3.63, 3.8) is 0 Å². The Kier molecular flexibility index (Phi) is 3.44. The van der Waals surface area contributed by atoms with E-state index < -0.39 is 5.91 Å². The van der Waals surface area contributed by atoms with Crippen molar-refractivity contribution in [2.45, 2.75) is 6.42 Å². The van der Waals surface area contributed by atoms with Gasteiger partial charge in [0.25, 0.3) is 5.91 Å². The average molecular weight is 280 g/mol. The zero-order valence-electron chi connectivity index (χ0n) is 11.6. The summed E-state index contributed by atoms with van der Waals surface area (Å²) in [5.74, 6) is -0.595. The summed E-state index contributed by atoms with van der Waals surface area (Å²) in [7, 11) is 0. The molecule has 2 aromatic carbocycles. The van der Waals surface area contributed by atoms with Gasteiger partial charge < -0.3 is 10.6 Å². The van der Waals surface area contributed by atoms with Gasteiger partial charge in [0.1, 0.15) is 0 Å². The van der Waals surface area contributed by atoms with E-state index >= 15 is 0 Å². The van der Waals surface area contributed by atoms with Crippen LogP contribution < -0.4 is 5.73 Å². The fourth-order valence-corrected chi connectivity index (χ4v) is 2.69. The van der Waals surface area contributed by atoms with Gasteiger partial charge in [0.05, 0.1) is 6.54 Å². The highest BCUT2D eigenvalue weighted by molar-refractivity contribution is 5.99. The zero-order valence-corrected chi connectivity index (χ0v) is 11.6. The Bertz CT molecular complexity index is 695. The summed E-state index contributed by atoms with van der Waals surface area (Å²) in [6.07, 6.45) is 0.745. The second-order valence-electron chi connectivity index (χ2n) is 5.18. The lowest BCUT2D eigenvalue weighted by Gasteiger charge is -2.27. The fourth-order valence-electron chi connectivity index (χ4n) is 2.69. The number of rotatable bonds is 3. The van der Waals surface area contributed by atoms with Gasteiger partial charge in [0, 0.05) is 12.1 Å². The first kappa shape index (κ1) is 13.4. The molecule has 0 unspecified atom stereocenters. The number of nitrogens with two attached hydrogens (primary N) is 1. The first-order chi connectivity index (χ1) is 10.1. The van der Waals surface area contributed by atoms with E-state index in [-0.39, 0.29) is 12.5 Å². The Labute approximate surface area is 123 Å². The largest absolute Gasteiger partial charge is 0.368 e. The van der Waals surface area contributed by atoms with E-state index in [9.17, 15) is 9.59 Å². The van der Waals surface area contributed by atoms with E-state index in [4.69, 9.17) is 5.73 Å². The van der Waals surface area contributed by atoms with E-state index in [1.165, 1.54) is 4.90 Å². The maximum Gasteiger partial charge on any atom is 0.254 e. The van der Waals surface area contributed by atoms with Crippen LogP contribution >= 0.6 is 0 Å². The van der Waals surface area contributed by atoms with Crippen LogP contribution in [0.3, 0.4) is 0 Å². The molecule has 2 amide bonds. The van der Waals surface area contributed by atoms with Crippen molar-refractivity contribution in [3.05, 3.63) is 59.7 Å². The van der Waals surface area contributed by atoms with Gasteiger partial charge in [-0.05, 0) is 29.2 Å². The van der Waals surface area contributed by atoms with Crippen LogP contribution in [0.5, 0.6) is 0 Å². The summed E-state index contributed by atoms with van der Waals surface area (Å²) in [6.45, 7) is 0.520. The third kappa shape index (κ3) is 2.65. The average Bonchev–Trinajstić information content (AvgIpc) is 2.50. The molecule has 0 saturated carbocycles. The summed E-state index contributed by atoms with van der Waals surface area (Å²) in [5, 5.41) is 0. The molecule has 106 valence electrons. The minimum Gasteiger partial charge on any atom is -0.368 e. The molecule has 0 aliphatic carbocycles. The summed E-state index contributed by atoms with van der Waals surface area (Å²) in [4.78, 5) is 24.8. The summed E-state index contributed by atoms with van der Waals surface area (Å²) in [6, 6.07) is 15.9. The summed E-state index contributed by atoms with van der Waals surface area (Å²) in [5.41, 5.74) is 9.11. The molecular formula is C17H16N2O2. The van der Waals surface area contributed by atoms with Crippen molar-refractivity contribution in [1.82, 2.24) is 4.90 Å². The van der Waals surface area contributed by atoms with Crippen LogP contribution in [0.25, 0.3) is 11.1 Å². The third-order valence-corrected chi connectivity index (χ3v) is 3.73. The Morgan fingerprint density at radius 3 is 2.57 bits per heavy atom. The first-order valence-electron chi connectivity index (χ1n) is 6.91. The van der Waals surface area contributed by atoms with Crippen LogP contribution in [-0.2, 0) is 11.2 Å². The number of hydrogen-bond acceptors (Lipinski definition) is 2. The molecule has 0 spiro atoms. The van der Waals surface area contributed by atoms with Crippen molar-refractivity contribution in [2.75, 3.05) is 13.1 Å². The van der Waals surface area contributed by atoms with Gasteiger partial charge in [-0.1, -0.05) is 42.5 Å². The maximum absolute atomic E-state index is 12.3. The highest BCUT2D eigenvalue weighted by Gasteiger charge is 2.25. The number of amides is 2. The standard InChI is InChI=1S/C17H16N2O2/c18-16(20)11-19-9-8-14-10-13(6-7-15(14)17(19)21)12-4-2-1-3-5-12/h1-7,10H,8-9,11H2,(H2,18,20). The van der Waals surface area contributed by atoms with Gasteiger partial charge in [0.2, 0.25) is 5.91 Å². The van der Waals surface area contributed by atoms with Gasteiger partial charge in [-0.15, -0.1) is 0 Å². The molecular weight excluding hydrogens is 264 g/mol. The molecule has 0 atom stereocenters. The Balaban J connectivity index is 1.92. The quantitative estimate of drug-likeness (QED) is 0.932. The highest BCUT2D eigenvalue weighted by Crippen LogP contribution is 2.26. The van der Waals surface area contributed by atoms with E-state index in [0.717, 1.165) is 23.1 Å². The van der Waals surface area contributed by atoms with E-state index in [1.54, 1.807) is 0 Å². The fraction of sp³-hybridized carbons (Fsp3) is 0.176. The number of nitrogens with zero attached hydrogens (tertiary/aromatic N) is 1. The summed E-state index contributed by atoms with van der Waals surface area (Å²) < 4.78 is 0. The molecule has 2 aromatic rings. The van der Waals surface area contributed by atoms with Gasteiger partial charge >= 0.3 is 0 Å². The predicted octanol–water partition coefficient (Wildman–Crippen LogP) is 1.84. The smallest absolute Gasteiger partial charge is 0.254 e. The molecule has 0 aromatic heterocycles. The second kappa shape index (κ2) is 5.40. The Morgan fingerprint density at radius 2 is 1.86 bits per heavy atom. The predicted molar refractivity (Wildman–Crippen MR) is 80.7 cm³/mol. The van der Waals surface area contributed by atoms with Crippen LogP contribution in [0.4, 0.5) is 0 Å². The lowest BCUT2D eigenvalue weighted by Crippen LogP contribution is -2.42. The second-order valence-corrected chi connectivity index (χ2v) is 5.18. The van der Waals surface area contributed by atoms with Crippen molar-refractivity contribution in [3.8, 4) is 11.1 Å². The zero-order chi connectivity index (χ0) is 14.8. The van der Waals surface area contributed by atoms with Crippen molar-refractivity contribution in [1.29, 1.82) is 0 Å². The molecule has 0 bridgehead atoms. The van der Waals surface area contributed by atoms with Gasteiger partial charge in [0.15, 0.2) is 0 Å². The number of primary amides is 1. The molecule has 1 aliphatic heterocycles. The number of carbonyl (C=O) groups excluding carboxylic acids is 2. The molecule has 0 fully saturated rings. The topological polar surface area (TPSA) is 63.4 Å². The minimum absolute atomic E-state index is 0.0152. The molecule has 3 rings (SSSR count). The Hall–Kier alpha value is -2.62. The highest BCUT2D eigenvalue weighted by atomic mass is 16.2. The normalized spacial score (nSPS) is 13.9. The molecule has 0 radical (unpaired) electrons. The Morgan fingerprint density at radius 1 is 1.10 bits per heavy atom. The molecule has 0 saturated heterocycles. The molecule has 21 heavy (non-hydrogen) atoms. The van der Waals surface area contributed by atoms with Crippen molar-refractivity contribution >= 4 is 11.8 Å². The maximum atomic E-state index is 12.3. The SMILES string of the molecule is NC(=O)CN1CCc2cc(-c3ccccc3)ccc2C1=O. The molecule has 1 heterocycles. The van der Waals surface area contributed by atoms with Gasteiger partial charge in [-0.25, -0.2) is 0 Å². The van der Waals surface area contributed by atoms with E-state index in [2.05, 4.69) is 6.07 Å².